The molecule has 3 N–H and O–H groups in total. The molecule has 12 heteroatoms. The van der Waals surface area contributed by atoms with Crippen molar-refractivity contribution in [1.82, 2.24) is 19.7 Å². The molecular formula is C23H26N6O5S. The van der Waals surface area contributed by atoms with Gasteiger partial charge in [0.25, 0.3) is 0 Å². The van der Waals surface area contributed by atoms with Gasteiger partial charge in [-0.25, -0.2) is 14.2 Å². The molecule has 2 heterocycles. The van der Waals surface area contributed by atoms with Crippen molar-refractivity contribution >= 4 is 39.3 Å². The number of anilines is 3. The van der Waals surface area contributed by atoms with Gasteiger partial charge in [0.2, 0.25) is 0 Å². The number of hydrogen-bond donors (Lipinski definition) is 3. The lowest BCUT2D eigenvalue weighted by molar-refractivity contribution is 0.228. The number of nitrogens with zero attached hydrogens (tertiary/aromatic N) is 4. The second-order valence-electron chi connectivity index (χ2n) is 7.39. The quantitative estimate of drug-likeness (QED) is 0.267. The molecule has 2 aromatic carbocycles. The Morgan fingerprint density at radius 3 is 2.46 bits per heavy atom. The minimum atomic E-state index is -1.63. The maximum absolute atomic E-state index is 13.0. The standard InChI is InChI=1S/C23H26N6O5S/c1-29-14-16(13-24-29)35(31)28-23-22(25-17-7-4-5-8-18(17)26-23)27-19-11-15(32-2)12-20(33-3)21(19)34-10-6-9-30/h4-5,7-8,11-14,30H,6,9-10H2,1-3H3,(H,25,27)(H,26,28). The molecule has 35 heavy (non-hydrogen) atoms. The lowest BCUT2D eigenvalue weighted by Crippen LogP contribution is -2.11. The van der Waals surface area contributed by atoms with Crippen LogP contribution in [-0.2, 0) is 18.0 Å². The molecule has 0 fully saturated rings. The first-order valence-electron chi connectivity index (χ1n) is 10.7. The van der Waals surface area contributed by atoms with Gasteiger partial charge in [0.15, 0.2) is 34.1 Å². The third-order valence-corrected chi connectivity index (χ3v) is 5.96. The topological polar surface area (TPSA) is 133 Å². The summed E-state index contributed by atoms with van der Waals surface area (Å²) in [6.07, 6.45) is 3.62. The maximum atomic E-state index is 13.0. The van der Waals surface area contributed by atoms with E-state index in [0.717, 1.165) is 0 Å². The van der Waals surface area contributed by atoms with Gasteiger partial charge in [-0.05, 0) is 12.1 Å². The molecule has 0 aliphatic carbocycles. The SMILES string of the molecule is COc1cc(Nc2nc3ccccc3nc2NS(=O)c2cnn(C)c2)c(OCCCO)c(OC)c1. The first-order valence-corrected chi connectivity index (χ1v) is 11.9. The van der Waals surface area contributed by atoms with Crippen molar-refractivity contribution in [1.29, 1.82) is 0 Å². The van der Waals surface area contributed by atoms with Crippen LogP contribution in [0.25, 0.3) is 11.0 Å². The van der Waals surface area contributed by atoms with Crippen molar-refractivity contribution in [2.45, 2.75) is 11.3 Å². The van der Waals surface area contributed by atoms with Gasteiger partial charge in [-0.2, -0.15) is 5.10 Å². The number of ether oxygens (including phenoxy) is 3. The summed E-state index contributed by atoms with van der Waals surface area (Å²) in [6.45, 7) is 0.263. The number of fused-ring (bicyclic) bond motifs is 1. The Labute approximate surface area is 204 Å². The molecule has 1 unspecified atom stereocenters. The first-order chi connectivity index (χ1) is 17.0. The fourth-order valence-electron chi connectivity index (χ4n) is 3.25. The highest BCUT2D eigenvalue weighted by Gasteiger charge is 2.19. The number of aliphatic hydroxyl groups excluding tert-OH is 1. The Balaban J connectivity index is 1.77. The minimum absolute atomic E-state index is 0.00833. The molecule has 184 valence electrons. The van der Waals surface area contributed by atoms with Crippen LogP contribution in [0, 0.1) is 0 Å². The summed E-state index contributed by atoms with van der Waals surface area (Å²) in [5.74, 6) is 1.97. The third kappa shape index (κ3) is 5.61. The Hall–Kier alpha value is -3.90. The number of nitrogens with one attached hydrogen (secondary N) is 2. The normalized spacial score (nSPS) is 11.8. The van der Waals surface area contributed by atoms with Crippen molar-refractivity contribution in [2.75, 3.05) is 37.5 Å². The summed E-state index contributed by atoms with van der Waals surface area (Å²) in [7, 11) is 3.19. The van der Waals surface area contributed by atoms with Gasteiger partial charge >= 0.3 is 0 Å². The van der Waals surface area contributed by atoms with Crippen molar-refractivity contribution in [2.24, 2.45) is 7.05 Å². The molecule has 0 saturated carbocycles. The van der Waals surface area contributed by atoms with Crippen molar-refractivity contribution in [3.8, 4) is 17.2 Å². The van der Waals surface area contributed by atoms with E-state index in [4.69, 9.17) is 24.3 Å². The van der Waals surface area contributed by atoms with Crippen LogP contribution in [-0.4, -0.2) is 56.5 Å². The number of aryl methyl sites for hydroxylation is 1. The summed E-state index contributed by atoms with van der Waals surface area (Å²) >= 11 is 0. The van der Waals surface area contributed by atoms with E-state index in [1.165, 1.54) is 13.3 Å². The minimum Gasteiger partial charge on any atom is -0.497 e. The average Bonchev–Trinajstić information content (AvgIpc) is 3.31. The van der Waals surface area contributed by atoms with Gasteiger partial charge in [-0.15, -0.1) is 0 Å². The molecule has 0 bridgehead atoms. The van der Waals surface area contributed by atoms with E-state index < -0.39 is 11.0 Å². The van der Waals surface area contributed by atoms with Gasteiger partial charge in [0.1, 0.15) is 5.75 Å². The van der Waals surface area contributed by atoms with Crippen LogP contribution >= 0.6 is 0 Å². The lowest BCUT2D eigenvalue weighted by Gasteiger charge is -2.19. The van der Waals surface area contributed by atoms with Crippen LogP contribution in [0.15, 0.2) is 53.7 Å². The highest BCUT2D eigenvalue weighted by atomic mass is 32.2. The van der Waals surface area contributed by atoms with E-state index >= 15 is 0 Å². The molecule has 2 aromatic heterocycles. The first kappa shape index (κ1) is 24.2. The number of rotatable bonds is 11. The number of para-hydroxylation sites is 2. The van der Waals surface area contributed by atoms with Gasteiger partial charge in [0, 0.05) is 38.4 Å². The maximum Gasteiger partial charge on any atom is 0.184 e. The van der Waals surface area contributed by atoms with Gasteiger partial charge in [-0.3, -0.25) is 9.40 Å². The molecule has 11 nitrogen and oxygen atoms in total. The van der Waals surface area contributed by atoms with Crippen LogP contribution in [0.1, 0.15) is 6.42 Å². The Morgan fingerprint density at radius 1 is 1.09 bits per heavy atom. The predicted molar refractivity (Wildman–Crippen MR) is 133 cm³/mol. The number of aliphatic hydroxyl groups is 1. The van der Waals surface area contributed by atoms with Crippen LogP contribution in [0.5, 0.6) is 17.2 Å². The Kier molecular flexibility index (Phi) is 7.63. The molecule has 0 radical (unpaired) electrons. The molecule has 0 saturated heterocycles. The molecule has 0 spiro atoms. The molecule has 0 amide bonds. The fraction of sp³-hybridized carbons (Fsp3) is 0.261. The second-order valence-corrected chi connectivity index (χ2v) is 8.60. The van der Waals surface area contributed by atoms with E-state index in [1.54, 1.807) is 37.2 Å². The zero-order valence-electron chi connectivity index (χ0n) is 19.5. The molecule has 0 aliphatic heterocycles. The molecular weight excluding hydrogens is 472 g/mol. The van der Waals surface area contributed by atoms with Crippen LogP contribution < -0.4 is 24.2 Å². The average molecular weight is 499 g/mol. The van der Waals surface area contributed by atoms with E-state index in [-0.39, 0.29) is 19.0 Å². The number of benzene rings is 2. The molecule has 1 atom stereocenters. The van der Waals surface area contributed by atoms with Crippen molar-refractivity contribution in [3.05, 3.63) is 48.8 Å². The zero-order valence-corrected chi connectivity index (χ0v) is 20.3. The third-order valence-electron chi connectivity index (χ3n) is 4.94. The summed E-state index contributed by atoms with van der Waals surface area (Å²) < 4.78 is 34.3. The second kappa shape index (κ2) is 11.0. The summed E-state index contributed by atoms with van der Waals surface area (Å²) in [5, 5.41) is 16.5. The summed E-state index contributed by atoms with van der Waals surface area (Å²) in [6, 6.07) is 10.8. The summed E-state index contributed by atoms with van der Waals surface area (Å²) in [5.41, 5.74) is 1.77. The zero-order chi connectivity index (χ0) is 24.8. The summed E-state index contributed by atoms with van der Waals surface area (Å²) in [4.78, 5) is 9.83. The number of methoxy groups -OCH3 is 2. The van der Waals surface area contributed by atoms with Gasteiger partial charge in [0.05, 0.1) is 48.6 Å². The van der Waals surface area contributed by atoms with Gasteiger partial charge in [-0.1, -0.05) is 12.1 Å². The Morgan fingerprint density at radius 2 is 1.83 bits per heavy atom. The van der Waals surface area contributed by atoms with Gasteiger partial charge < -0.3 is 24.6 Å². The van der Waals surface area contributed by atoms with E-state index in [0.29, 0.717) is 51.1 Å². The smallest absolute Gasteiger partial charge is 0.184 e. The number of hydrogen-bond acceptors (Lipinski definition) is 9. The van der Waals surface area contributed by atoms with E-state index in [2.05, 4.69) is 20.1 Å². The largest absolute Gasteiger partial charge is 0.497 e. The fourth-order valence-corrected chi connectivity index (χ4v) is 4.08. The van der Waals surface area contributed by atoms with Crippen LogP contribution in [0.3, 0.4) is 0 Å². The lowest BCUT2D eigenvalue weighted by atomic mass is 10.2. The number of aromatic nitrogens is 4. The Bertz CT molecular complexity index is 1350. The van der Waals surface area contributed by atoms with Crippen LogP contribution in [0.2, 0.25) is 0 Å². The van der Waals surface area contributed by atoms with Crippen molar-refractivity contribution in [3.63, 3.8) is 0 Å². The molecule has 0 aliphatic rings. The van der Waals surface area contributed by atoms with Crippen molar-refractivity contribution < 1.29 is 23.5 Å². The van der Waals surface area contributed by atoms with Crippen LogP contribution in [0.4, 0.5) is 17.3 Å². The molecule has 4 aromatic rings. The monoisotopic (exact) mass is 498 g/mol. The highest BCUT2D eigenvalue weighted by Crippen LogP contribution is 2.41. The van der Waals surface area contributed by atoms with E-state index in [1.807, 2.05) is 24.3 Å². The molecule has 4 rings (SSSR count). The predicted octanol–water partition coefficient (Wildman–Crippen LogP) is 3.02. The highest BCUT2D eigenvalue weighted by molar-refractivity contribution is 7.86. The van der Waals surface area contributed by atoms with E-state index in [9.17, 15) is 4.21 Å².